The Morgan fingerprint density at radius 1 is 1.00 bits per heavy atom. The monoisotopic (exact) mass is 424 g/mol. The zero-order valence-corrected chi connectivity index (χ0v) is 18.6. The molecule has 31 heavy (non-hydrogen) atoms. The third kappa shape index (κ3) is 7.19. The molecule has 1 fully saturated rings. The Morgan fingerprint density at radius 3 is 2.23 bits per heavy atom. The number of rotatable bonds is 9. The van der Waals surface area contributed by atoms with Gasteiger partial charge in [0.05, 0.1) is 12.2 Å². The van der Waals surface area contributed by atoms with Crippen LogP contribution in [0, 0.1) is 0 Å². The number of amides is 1. The van der Waals surface area contributed by atoms with Crippen LogP contribution in [0.15, 0.2) is 48.5 Å². The van der Waals surface area contributed by atoms with Crippen LogP contribution in [0.1, 0.15) is 48.7 Å². The summed E-state index contributed by atoms with van der Waals surface area (Å²) in [5.74, 6) is 0.470. The van der Waals surface area contributed by atoms with E-state index in [2.05, 4.69) is 36.2 Å². The Kier molecular flexibility index (Phi) is 8.20. The topological polar surface area (TPSA) is 67.9 Å². The lowest BCUT2D eigenvalue weighted by atomic mass is 10.1. The van der Waals surface area contributed by atoms with Crippen LogP contribution < -0.4 is 10.1 Å². The molecule has 3 rings (SSSR count). The Bertz CT molecular complexity index is 854. The number of Topliss-reactive ketones (excluding diaryl/α,β-unsaturated/α-hetero) is 1. The average Bonchev–Trinajstić information content (AvgIpc) is 2.76. The second kappa shape index (κ2) is 11.1. The van der Waals surface area contributed by atoms with Gasteiger partial charge in [-0.05, 0) is 49.2 Å². The van der Waals surface area contributed by atoms with Gasteiger partial charge in [-0.1, -0.05) is 31.2 Å². The van der Waals surface area contributed by atoms with E-state index >= 15 is 0 Å². The van der Waals surface area contributed by atoms with Gasteiger partial charge < -0.3 is 14.8 Å². The van der Waals surface area contributed by atoms with Gasteiger partial charge in [-0.15, -0.1) is 0 Å². The zero-order valence-electron chi connectivity index (χ0n) is 18.6. The molecule has 1 amide bonds. The van der Waals surface area contributed by atoms with Crippen LogP contribution in [0.5, 0.6) is 5.75 Å². The predicted molar refractivity (Wildman–Crippen MR) is 120 cm³/mol. The van der Waals surface area contributed by atoms with Crippen molar-refractivity contribution < 1.29 is 19.1 Å². The number of benzene rings is 2. The molecule has 1 N–H and O–H groups in total. The van der Waals surface area contributed by atoms with Gasteiger partial charge in [0.2, 0.25) is 0 Å². The van der Waals surface area contributed by atoms with Gasteiger partial charge in [-0.2, -0.15) is 0 Å². The predicted octanol–water partition coefficient (Wildman–Crippen LogP) is 3.58. The molecule has 0 saturated carbocycles. The lowest BCUT2D eigenvalue weighted by Gasteiger charge is -2.35. The second-order valence-corrected chi connectivity index (χ2v) is 8.13. The summed E-state index contributed by atoms with van der Waals surface area (Å²) < 4.78 is 11.3. The molecular formula is C25H32N2O4. The van der Waals surface area contributed by atoms with Crippen molar-refractivity contribution in [2.45, 2.75) is 52.5 Å². The highest BCUT2D eigenvalue weighted by molar-refractivity contribution is 5.95. The summed E-state index contributed by atoms with van der Waals surface area (Å²) in [6.07, 6.45) is 0.990. The minimum absolute atomic E-state index is 0.0629. The standard InChI is InChI=1S/C25H32N2O4/c1-4-24(28)22-9-11-23(12-10-22)30-17-25(29)26-13-20-5-7-21(8-6-20)16-27-14-18(2)31-19(3)15-27/h5-12,18-19H,4,13-17H2,1-3H3,(H,26,29). The SMILES string of the molecule is CCC(=O)c1ccc(OCC(=O)NCc2ccc(CN3CC(C)OC(C)C3)cc2)cc1. The summed E-state index contributed by atoms with van der Waals surface area (Å²) in [7, 11) is 0. The first kappa shape index (κ1) is 23.0. The molecule has 1 saturated heterocycles. The lowest BCUT2D eigenvalue weighted by molar-refractivity contribution is -0.123. The summed E-state index contributed by atoms with van der Waals surface area (Å²) in [6.45, 7) is 9.24. The molecule has 0 aliphatic carbocycles. The van der Waals surface area contributed by atoms with E-state index in [1.807, 2.05) is 19.1 Å². The average molecular weight is 425 g/mol. The van der Waals surface area contributed by atoms with Crippen LogP contribution in [0.2, 0.25) is 0 Å². The molecule has 2 aromatic rings. The molecule has 1 aliphatic rings. The van der Waals surface area contributed by atoms with Crippen molar-refractivity contribution in [2.24, 2.45) is 0 Å². The van der Waals surface area contributed by atoms with E-state index in [0.717, 1.165) is 25.2 Å². The maximum atomic E-state index is 12.1. The van der Waals surface area contributed by atoms with Gasteiger partial charge in [-0.3, -0.25) is 14.5 Å². The summed E-state index contributed by atoms with van der Waals surface area (Å²) in [5.41, 5.74) is 2.95. The molecule has 0 spiro atoms. The number of hydrogen-bond acceptors (Lipinski definition) is 5. The van der Waals surface area contributed by atoms with Crippen LogP contribution in [0.3, 0.4) is 0 Å². The fourth-order valence-corrected chi connectivity index (χ4v) is 3.78. The Balaban J connectivity index is 1.40. The number of ether oxygens (including phenoxy) is 2. The fourth-order valence-electron chi connectivity index (χ4n) is 3.78. The number of morpholine rings is 1. The molecule has 6 nitrogen and oxygen atoms in total. The quantitative estimate of drug-likeness (QED) is 0.623. The van der Waals surface area contributed by atoms with Gasteiger partial charge in [0.15, 0.2) is 12.4 Å². The van der Waals surface area contributed by atoms with Crippen LogP contribution in [-0.4, -0.2) is 48.5 Å². The van der Waals surface area contributed by atoms with Crippen LogP contribution in [0.25, 0.3) is 0 Å². The minimum atomic E-state index is -0.186. The first-order chi connectivity index (χ1) is 14.9. The zero-order chi connectivity index (χ0) is 22.2. The van der Waals surface area contributed by atoms with Crippen molar-refractivity contribution in [1.82, 2.24) is 10.2 Å². The van der Waals surface area contributed by atoms with E-state index in [4.69, 9.17) is 9.47 Å². The molecule has 166 valence electrons. The largest absolute Gasteiger partial charge is 0.484 e. The third-order valence-corrected chi connectivity index (χ3v) is 5.28. The van der Waals surface area contributed by atoms with Crippen molar-refractivity contribution in [3.8, 4) is 5.75 Å². The molecule has 6 heteroatoms. The Labute approximate surface area is 184 Å². The number of carbonyl (C=O) groups excluding carboxylic acids is 2. The van der Waals surface area contributed by atoms with E-state index in [-0.39, 0.29) is 30.5 Å². The van der Waals surface area contributed by atoms with E-state index in [1.165, 1.54) is 5.56 Å². The summed E-state index contributed by atoms with van der Waals surface area (Å²) in [5, 5.41) is 2.88. The van der Waals surface area contributed by atoms with Crippen LogP contribution in [0.4, 0.5) is 0 Å². The molecule has 0 radical (unpaired) electrons. The first-order valence-corrected chi connectivity index (χ1v) is 10.9. The smallest absolute Gasteiger partial charge is 0.258 e. The highest BCUT2D eigenvalue weighted by Gasteiger charge is 2.21. The summed E-state index contributed by atoms with van der Waals surface area (Å²) in [6, 6.07) is 15.2. The van der Waals surface area contributed by atoms with Gasteiger partial charge in [0.25, 0.3) is 5.91 Å². The summed E-state index contributed by atoms with van der Waals surface area (Å²) in [4.78, 5) is 26.2. The molecular weight excluding hydrogens is 392 g/mol. The Hall–Kier alpha value is -2.70. The normalized spacial score (nSPS) is 19.1. The molecule has 2 aromatic carbocycles. The fraction of sp³-hybridized carbons (Fsp3) is 0.440. The Morgan fingerprint density at radius 2 is 1.61 bits per heavy atom. The lowest BCUT2D eigenvalue weighted by Crippen LogP contribution is -2.44. The first-order valence-electron chi connectivity index (χ1n) is 10.9. The van der Waals surface area contributed by atoms with Crippen molar-refractivity contribution in [1.29, 1.82) is 0 Å². The maximum absolute atomic E-state index is 12.1. The number of hydrogen-bond donors (Lipinski definition) is 1. The molecule has 2 unspecified atom stereocenters. The van der Waals surface area contributed by atoms with E-state index in [9.17, 15) is 9.59 Å². The van der Waals surface area contributed by atoms with E-state index in [0.29, 0.717) is 24.3 Å². The van der Waals surface area contributed by atoms with Crippen molar-refractivity contribution in [3.63, 3.8) is 0 Å². The van der Waals surface area contributed by atoms with Crippen LogP contribution >= 0.6 is 0 Å². The maximum Gasteiger partial charge on any atom is 0.258 e. The molecule has 0 aromatic heterocycles. The van der Waals surface area contributed by atoms with E-state index < -0.39 is 0 Å². The highest BCUT2D eigenvalue weighted by Crippen LogP contribution is 2.15. The number of nitrogens with one attached hydrogen (secondary N) is 1. The molecule has 1 heterocycles. The van der Waals surface area contributed by atoms with Crippen molar-refractivity contribution in [2.75, 3.05) is 19.7 Å². The highest BCUT2D eigenvalue weighted by atomic mass is 16.5. The number of ketones is 1. The van der Waals surface area contributed by atoms with Gasteiger partial charge in [0.1, 0.15) is 5.75 Å². The van der Waals surface area contributed by atoms with Gasteiger partial charge in [0, 0.05) is 38.2 Å². The number of nitrogens with zero attached hydrogens (tertiary/aromatic N) is 1. The van der Waals surface area contributed by atoms with Gasteiger partial charge in [-0.25, -0.2) is 0 Å². The van der Waals surface area contributed by atoms with Gasteiger partial charge >= 0.3 is 0 Å². The molecule has 1 aliphatic heterocycles. The van der Waals surface area contributed by atoms with Crippen molar-refractivity contribution in [3.05, 3.63) is 65.2 Å². The van der Waals surface area contributed by atoms with E-state index in [1.54, 1.807) is 24.3 Å². The second-order valence-electron chi connectivity index (χ2n) is 8.13. The third-order valence-electron chi connectivity index (χ3n) is 5.28. The molecule has 2 atom stereocenters. The van der Waals surface area contributed by atoms with Crippen molar-refractivity contribution >= 4 is 11.7 Å². The van der Waals surface area contributed by atoms with Crippen LogP contribution in [-0.2, 0) is 22.6 Å². The molecule has 0 bridgehead atoms. The summed E-state index contributed by atoms with van der Waals surface area (Å²) >= 11 is 0. The minimum Gasteiger partial charge on any atom is -0.484 e. The number of carbonyl (C=O) groups is 2.